The average Bonchev–Trinajstić information content (AvgIpc) is 3.41. The molecule has 0 aromatic heterocycles. The lowest BCUT2D eigenvalue weighted by Gasteiger charge is -2.29. The van der Waals surface area contributed by atoms with E-state index in [0.29, 0.717) is 45.6 Å². The van der Waals surface area contributed by atoms with Crippen molar-refractivity contribution in [2.75, 3.05) is 39.3 Å². The Balaban J connectivity index is 1.59. The third-order valence-corrected chi connectivity index (χ3v) is 7.72. The number of nitrogens with two attached hydrogens (primary N) is 1. The van der Waals surface area contributed by atoms with E-state index in [1.165, 1.54) is 0 Å². The van der Waals surface area contributed by atoms with Crippen LogP contribution in [0.5, 0.6) is 5.75 Å². The Bertz CT molecular complexity index is 1050. The van der Waals surface area contributed by atoms with Gasteiger partial charge in [0.2, 0.25) is 5.91 Å². The van der Waals surface area contributed by atoms with Gasteiger partial charge in [0.1, 0.15) is 5.75 Å². The number of hydrogen-bond acceptors (Lipinski definition) is 6. The first kappa shape index (κ1) is 27.1. The summed E-state index contributed by atoms with van der Waals surface area (Å²) >= 11 is 0. The predicted octanol–water partition coefficient (Wildman–Crippen LogP) is 3.37. The van der Waals surface area contributed by atoms with E-state index in [9.17, 15) is 14.7 Å². The molecule has 1 fully saturated rings. The molecule has 200 valence electrons. The number of hydrogen-bond donors (Lipinski definition) is 2. The standard InChI is InChI=1S/C29H40N4O4/c1-2-3-15-32(16-13-30)27(34)20-33-19-24(21-8-11-26-22(18-21)12-17-37-26)28(29(35)36)25(33)10-9-23-7-5-4-6-14-31-23/h4-6,8,11,14,18,24-25,28H,2-3,7,9-10,12-13,15-17,19-20,30H2,1H3,(H,35,36)/t24-,25+,28-/m1/s1. The molecule has 1 aromatic rings. The SMILES string of the molecule is CCCCN(CCN)C(=O)CN1C[C@H](c2ccc3c(c2)CCO3)[C@@H](C(=O)O)[C@@H]1CCC1=NC=CC=CC1. The van der Waals surface area contributed by atoms with Crippen LogP contribution in [-0.4, -0.2) is 77.9 Å². The number of allylic oxidation sites excluding steroid dienone is 3. The molecule has 0 saturated carbocycles. The molecule has 0 radical (unpaired) electrons. The number of aliphatic imine (C=N–C) groups is 1. The third kappa shape index (κ3) is 6.67. The summed E-state index contributed by atoms with van der Waals surface area (Å²) in [5, 5.41) is 10.4. The highest BCUT2D eigenvalue weighted by Crippen LogP contribution is 2.41. The summed E-state index contributed by atoms with van der Waals surface area (Å²) in [6.07, 6.45) is 12.6. The second kappa shape index (κ2) is 13.0. The number of amides is 1. The Kier molecular flexibility index (Phi) is 9.52. The van der Waals surface area contributed by atoms with Crippen LogP contribution in [0.15, 0.2) is 47.6 Å². The Labute approximate surface area is 219 Å². The second-order valence-electron chi connectivity index (χ2n) is 10.2. The van der Waals surface area contributed by atoms with Gasteiger partial charge in [-0.3, -0.25) is 19.5 Å². The Morgan fingerprint density at radius 3 is 2.92 bits per heavy atom. The molecule has 3 aliphatic rings. The molecule has 1 aromatic carbocycles. The third-order valence-electron chi connectivity index (χ3n) is 7.72. The van der Waals surface area contributed by atoms with Crippen LogP contribution in [0.1, 0.15) is 56.1 Å². The van der Waals surface area contributed by atoms with Crippen molar-refractivity contribution in [3.63, 3.8) is 0 Å². The van der Waals surface area contributed by atoms with Crippen LogP contribution in [0.3, 0.4) is 0 Å². The summed E-state index contributed by atoms with van der Waals surface area (Å²) in [4.78, 5) is 34.6. The first-order valence-corrected chi connectivity index (χ1v) is 13.6. The van der Waals surface area contributed by atoms with E-state index in [1.807, 2.05) is 29.2 Å². The van der Waals surface area contributed by atoms with Crippen molar-refractivity contribution < 1.29 is 19.4 Å². The number of carboxylic acids is 1. The van der Waals surface area contributed by atoms with E-state index in [4.69, 9.17) is 10.5 Å². The minimum absolute atomic E-state index is 0.0220. The molecule has 0 bridgehead atoms. The number of unbranched alkanes of at least 4 members (excludes halogenated alkanes) is 1. The minimum atomic E-state index is -0.811. The topological polar surface area (TPSA) is 108 Å². The lowest BCUT2D eigenvalue weighted by Crippen LogP contribution is -2.45. The summed E-state index contributed by atoms with van der Waals surface area (Å²) in [5.41, 5.74) is 8.98. The molecule has 3 aliphatic heterocycles. The lowest BCUT2D eigenvalue weighted by molar-refractivity contribution is -0.143. The smallest absolute Gasteiger partial charge is 0.308 e. The van der Waals surface area contributed by atoms with E-state index in [2.05, 4.69) is 29.0 Å². The number of benzene rings is 1. The van der Waals surface area contributed by atoms with Crippen molar-refractivity contribution in [3.05, 3.63) is 53.8 Å². The summed E-state index contributed by atoms with van der Waals surface area (Å²) in [6, 6.07) is 5.81. The fourth-order valence-corrected chi connectivity index (χ4v) is 5.78. The molecule has 3 heterocycles. The van der Waals surface area contributed by atoms with Gasteiger partial charge < -0.3 is 20.5 Å². The highest BCUT2D eigenvalue weighted by atomic mass is 16.5. The largest absolute Gasteiger partial charge is 0.493 e. The molecule has 3 N–H and O–H groups in total. The number of likely N-dealkylation sites (tertiary alicyclic amines) is 1. The van der Waals surface area contributed by atoms with Gasteiger partial charge >= 0.3 is 5.97 Å². The summed E-state index contributed by atoms with van der Waals surface area (Å²) in [6.45, 7) is 5.11. The quantitative estimate of drug-likeness (QED) is 0.448. The molecule has 0 unspecified atom stereocenters. The number of ether oxygens (including phenoxy) is 1. The molecule has 1 saturated heterocycles. The maximum Gasteiger partial charge on any atom is 0.308 e. The van der Waals surface area contributed by atoms with Gasteiger partial charge in [-0.2, -0.15) is 0 Å². The average molecular weight is 509 g/mol. The number of carbonyl (C=O) groups excluding carboxylic acids is 1. The van der Waals surface area contributed by atoms with Crippen molar-refractivity contribution in [1.82, 2.24) is 9.80 Å². The van der Waals surface area contributed by atoms with E-state index in [0.717, 1.165) is 48.3 Å². The van der Waals surface area contributed by atoms with Crippen LogP contribution in [0.4, 0.5) is 0 Å². The van der Waals surface area contributed by atoms with Gasteiger partial charge in [0.15, 0.2) is 0 Å². The van der Waals surface area contributed by atoms with Crippen molar-refractivity contribution in [2.45, 2.75) is 57.4 Å². The number of rotatable bonds is 12. The van der Waals surface area contributed by atoms with Crippen molar-refractivity contribution >= 4 is 17.6 Å². The lowest BCUT2D eigenvalue weighted by atomic mass is 9.83. The van der Waals surface area contributed by atoms with Crippen LogP contribution in [-0.2, 0) is 16.0 Å². The molecule has 0 aliphatic carbocycles. The number of aliphatic carboxylic acids is 1. The predicted molar refractivity (Wildman–Crippen MR) is 145 cm³/mol. The molecular formula is C29H40N4O4. The van der Waals surface area contributed by atoms with E-state index >= 15 is 0 Å². The zero-order chi connectivity index (χ0) is 26.2. The normalized spacial score (nSPS) is 22.9. The maximum atomic E-state index is 13.4. The van der Waals surface area contributed by atoms with Gasteiger partial charge in [0.05, 0.1) is 19.1 Å². The molecular weight excluding hydrogens is 468 g/mol. The molecule has 1 amide bonds. The monoisotopic (exact) mass is 508 g/mol. The molecule has 8 heteroatoms. The molecule has 4 rings (SSSR count). The number of nitrogens with zero attached hydrogens (tertiary/aromatic N) is 3. The van der Waals surface area contributed by atoms with Gasteiger partial charge in [-0.1, -0.05) is 37.6 Å². The Hall–Kier alpha value is -2.97. The zero-order valence-electron chi connectivity index (χ0n) is 21.8. The van der Waals surface area contributed by atoms with Crippen molar-refractivity contribution in [3.8, 4) is 5.75 Å². The van der Waals surface area contributed by atoms with Gasteiger partial charge in [0.25, 0.3) is 0 Å². The number of carbonyl (C=O) groups is 2. The zero-order valence-corrected chi connectivity index (χ0v) is 21.8. The molecule has 37 heavy (non-hydrogen) atoms. The maximum absolute atomic E-state index is 13.4. The van der Waals surface area contributed by atoms with Gasteiger partial charge in [-0.25, -0.2) is 0 Å². The Morgan fingerprint density at radius 2 is 2.14 bits per heavy atom. The van der Waals surface area contributed by atoms with Crippen LogP contribution in [0.2, 0.25) is 0 Å². The van der Waals surface area contributed by atoms with Gasteiger partial charge in [-0.05, 0) is 42.5 Å². The van der Waals surface area contributed by atoms with Crippen LogP contribution in [0.25, 0.3) is 0 Å². The second-order valence-corrected chi connectivity index (χ2v) is 10.2. The minimum Gasteiger partial charge on any atom is -0.493 e. The van der Waals surface area contributed by atoms with Crippen molar-refractivity contribution in [1.29, 1.82) is 0 Å². The van der Waals surface area contributed by atoms with Crippen LogP contribution in [0, 0.1) is 5.92 Å². The first-order valence-electron chi connectivity index (χ1n) is 13.6. The van der Waals surface area contributed by atoms with Crippen molar-refractivity contribution in [2.24, 2.45) is 16.6 Å². The number of carboxylic acid groups (broad SMARTS) is 1. The summed E-state index contributed by atoms with van der Waals surface area (Å²) in [5.74, 6) is -0.708. The number of fused-ring (bicyclic) bond motifs is 1. The Morgan fingerprint density at radius 1 is 1.27 bits per heavy atom. The first-order chi connectivity index (χ1) is 18.0. The molecule has 3 atom stereocenters. The van der Waals surface area contributed by atoms with Gasteiger partial charge in [0, 0.05) is 62.9 Å². The molecule has 0 spiro atoms. The summed E-state index contributed by atoms with van der Waals surface area (Å²) in [7, 11) is 0. The fourth-order valence-electron chi connectivity index (χ4n) is 5.78. The van der Waals surface area contributed by atoms with E-state index < -0.39 is 11.9 Å². The van der Waals surface area contributed by atoms with Crippen LogP contribution < -0.4 is 10.5 Å². The summed E-state index contributed by atoms with van der Waals surface area (Å²) < 4.78 is 5.67. The highest BCUT2D eigenvalue weighted by molar-refractivity contribution is 5.87. The van der Waals surface area contributed by atoms with E-state index in [-0.39, 0.29) is 24.4 Å². The van der Waals surface area contributed by atoms with Crippen LogP contribution >= 0.6 is 0 Å². The molecule has 8 nitrogen and oxygen atoms in total. The van der Waals surface area contributed by atoms with Gasteiger partial charge in [-0.15, -0.1) is 0 Å². The van der Waals surface area contributed by atoms with E-state index in [1.54, 1.807) is 6.20 Å². The fraction of sp³-hybridized carbons (Fsp3) is 0.552. The highest BCUT2D eigenvalue weighted by Gasteiger charge is 2.47.